The first-order chi connectivity index (χ1) is 13.9. The largest absolute Gasteiger partial charge is 0.416 e. The zero-order valence-corrected chi connectivity index (χ0v) is 14.8. The lowest BCUT2D eigenvalue weighted by atomic mass is 10.1. The SMILES string of the molecule is O=C(Nc1cccc2ccc(-c3cccc(C(F)(F)F)c3)nc12)c1cnccn1. The quantitative estimate of drug-likeness (QED) is 0.533. The fourth-order valence-electron chi connectivity index (χ4n) is 2.87. The van der Waals surface area contributed by atoms with Gasteiger partial charge in [-0.05, 0) is 24.3 Å². The lowest BCUT2D eigenvalue weighted by molar-refractivity contribution is -0.137. The molecule has 0 bridgehead atoms. The molecule has 4 rings (SSSR count). The molecule has 1 N–H and O–H groups in total. The Balaban J connectivity index is 1.74. The summed E-state index contributed by atoms with van der Waals surface area (Å²) >= 11 is 0. The maximum atomic E-state index is 13.0. The van der Waals surface area contributed by atoms with Crippen molar-refractivity contribution in [2.45, 2.75) is 6.18 Å². The number of hydrogen-bond acceptors (Lipinski definition) is 4. The monoisotopic (exact) mass is 394 g/mol. The van der Waals surface area contributed by atoms with E-state index in [1.165, 1.54) is 24.7 Å². The molecule has 0 aliphatic heterocycles. The number of pyridine rings is 1. The first-order valence-electron chi connectivity index (χ1n) is 8.56. The van der Waals surface area contributed by atoms with Gasteiger partial charge in [0.2, 0.25) is 0 Å². The van der Waals surface area contributed by atoms with Crippen LogP contribution in [0.2, 0.25) is 0 Å². The van der Waals surface area contributed by atoms with E-state index in [4.69, 9.17) is 0 Å². The average Bonchev–Trinajstić information content (AvgIpc) is 2.74. The van der Waals surface area contributed by atoms with Gasteiger partial charge in [0, 0.05) is 23.3 Å². The number of halogens is 3. The zero-order valence-electron chi connectivity index (χ0n) is 14.8. The minimum atomic E-state index is -4.44. The second-order valence-corrected chi connectivity index (χ2v) is 6.20. The van der Waals surface area contributed by atoms with Crippen LogP contribution < -0.4 is 5.32 Å². The predicted molar refractivity (Wildman–Crippen MR) is 102 cm³/mol. The number of benzene rings is 2. The van der Waals surface area contributed by atoms with Gasteiger partial charge >= 0.3 is 6.18 Å². The molecule has 1 amide bonds. The van der Waals surface area contributed by atoms with Gasteiger partial charge in [-0.15, -0.1) is 0 Å². The molecule has 8 heteroatoms. The van der Waals surface area contributed by atoms with Crippen LogP contribution in [0.1, 0.15) is 16.1 Å². The predicted octanol–water partition coefficient (Wildman–Crippen LogP) is 4.96. The highest BCUT2D eigenvalue weighted by molar-refractivity contribution is 6.07. The number of carbonyl (C=O) groups is 1. The number of nitrogens with zero attached hydrogens (tertiary/aromatic N) is 3. The maximum absolute atomic E-state index is 13.0. The molecule has 29 heavy (non-hydrogen) atoms. The highest BCUT2D eigenvalue weighted by Crippen LogP contribution is 2.32. The van der Waals surface area contributed by atoms with E-state index in [9.17, 15) is 18.0 Å². The Morgan fingerprint density at radius 1 is 0.966 bits per heavy atom. The zero-order chi connectivity index (χ0) is 20.4. The smallest absolute Gasteiger partial charge is 0.319 e. The summed E-state index contributed by atoms with van der Waals surface area (Å²) in [6, 6.07) is 13.6. The molecule has 2 aromatic carbocycles. The van der Waals surface area contributed by atoms with E-state index < -0.39 is 17.6 Å². The van der Waals surface area contributed by atoms with Gasteiger partial charge in [0.1, 0.15) is 5.69 Å². The van der Waals surface area contributed by atoms with E-state index in [0.717, 1.165) is 17.5 Å². The molecule has 0 aliphatic carbocycles. The van der Waals surface area contributed by atoms with Gasteiger partial charge in [0.05, 0.1) is 28.7 Å². The minimum Gasteiger partial charge on any atom is -0.319 e. The number of anilines is 1. The first-order valence-corrected chi connectivity index (χ1v) is 8.56. The molecular formula is C21H13F3N4O. The molecule has 0 spiro atoms. The Labute approximate surface area is 163 Å². The van der Waals surface area contributed by atoms with E-state index in [-0.39, 0.29) is 5.69 Å². The number of amides is 1. The van der Waals surface area contributed by atoms with Crippen molar-refractivity contribution in [1.82, 2.24) is 15.0 Å². The lowest BCUT2D eigenvalue weighted by Gasteiger charge is -2.11. The fraction of sp³-hybridized carbons (Fsp3) is 0.0476. The normalized spacial score (nSPS) is 11.4. The molecule has 5 nitrogen and oxygen atoms in total. The van der Waals surface area contributed by atoms with Crippen molar-refractivity contribution in [1.29, 1.82) is 0 Å². The van der Waals surface area contributed by atoms with Crippen LogP contribution in [0.3, 0.4) is 0 Å². The number of aromatic nitrogens is 3. The van der Waals surface area contributed by atoms with Gasteiger partial charge in [0.15, 0.2) is 0 Å². The van der Waals surface area contributed by atoms with Gasteiger partial charge in [0.25, 0.3) is 5.91 Å². The molecule has 4 aromatic rings. The van der Waals surface area contributed by atoms with Crippen molar-refractivity contribution < 1.29 is 18.0 Å². The summed E-state index contributed by atoms with van der Waals surface area (Å²) in [5.74, 6) is -0.461. The molecule has 2 aromatic heterocycles. The first kappa shape index (κ1) is 18.5. The van der Waals surface area contributed by atoms with Crippen molar-refractivity contribution >= 4 is 22.5 Å². The summed E-state index contributed by atoms with van der Waals surface area (Å²) in [5.41, 5.74) is 0.966. The van der Waals surface area contributed by atoms with Crippen molar-refractivity contribution in [3.63, 3.8) is 0 Å². The van der Waals surface area contributed by atoms with Gasteiger partial charge in [-0.25, -0.2) is 9.97 Å². The number of fused-ring (bicyclic) bond motifs is 1. The highest BCUT2D eigenvalue weighted by Gasteiger charge is 2.30. The number of para-hydroxylation sites is 1. The summed E-state index contributed by atoms with van der Waals surface area (Å²) in [4.78, 5) is 24.7. The van der Waals surface area contributed by atoms with E-state index in [2.05, 4.69) is 20.3 Å². The Bertz CT molecular complexity index is 1190. The standard InChI is InChI=1S/C21H13F3N4O/c22-21(23,24)15-5-1-4-14(11-15)16-8-7-13-3-2-6-17(19(13)27-16)28-20(29)18-12-25-9-10-26-18/h1-12H,(H,28,29). The maximum Gasteiger partial charge on any atom is 0.416 e. The molecular weight excluding hydrogens is 381 g/mol. The molecule has 144 valence electrons. The second-order valence-electron chi connectivity index (χ2n) is 6.20. The molecule has 0 saturated carbocycles. The molecule has 0 unspecified atom stereocenters. The molecule has 2 heterocycles. The van der Waals surface area contributed by atoms with Crippen LogP contribution in [-0.4, -0.2) is 20.9 Å². The fourth-order valence-corrected chi connectivity index (χ4v) is 2.87. The Morgan fingerprint density at radius 2 is 1.79 bits per heavy atom. The van der Waals surface area contributed by atoms with Crippen molar-refractivity contribution in [3.8, 4) is 11.3 Å². The molecule has 0 fully saturated rings. The van der Waals surface area contributed by atoms with E-state index >= 15 is 0 Å². The third-order valence-electron chi connectivity index (χ3n) is 4.25. The average molecular weight is 394 g/mol. The number of hydrogen-bond donors (Lipinski definition) is 1. The summed E-state index contributed by atoms with van der Waals surface area (Å²) in [6.07, 6.45) is -0.246. The van der Waals surface area contributed by atoms with Crippen molar-refractivity contribution in [3.05, 3.63) is 84.4 Å². The topological polar surface area (TPSA) is 67.8 Å². The third-order valence-corrected chi connectivity index (χ3v) is 4.25. The minimum absolute atomic E-state index is 0.138. The van der Waals surface area contributed by atoms with Crippen LogP contribution in [0.25, 0.3) is 22.2 Å². The second kappa shape index (κ2) is 7.31. The van der Waals surface area contributed by atoms with E-state index in [1.807, 2.05) is 0 Å². The number of nitrogens with one attached hydrogen (secondary N) is 1. The highest BCUT2D eigenvalue weighted by atomic mass is 19.4. The molecule has 0 saturated heterocycles. The van der Waals surface area contributed by atoms with Crippen LogP contribution in [0, 0.1) is 0 Å². The number of alkyl halides is 3. The summed E-state index contributed by atoms with van der Waals surface area (Å²) in [6.45, 7) is 0. The van der Waals surface area contributed by atoms with Gasteiger partial charge in [-0.1, -0.05) is 30.3 Å². The van der Waals surface area contributed by atoms with Gasteiger partial charge in [-0.2, -0.15) is 13.2 Å². The Kier molecular flexibility index (Phi) is 4.67. The summed E-state index contributed by atoms with van der Waals surface area (Å²) in [7, 11) is 0. The van der Waals surface area contributed by atoms with E-state index in [1.54, 1.807) is 36.4 Å². The molecule has 0 atom stereocenters. The van der Waals surface area contributed by atoms with Gasteiger partial charge in [-0.3, -0.25) is 9.78 Å². The Morgan fingerprint density at radius 3 is 2.55 bits per heavy atom. The van der Waals surface area contributed by atoms with Crippen LogP contribution in [0.15, 0.2) is 73.2 Å². The van der Waals surface area contributed by atoms with Gasteiger partial charge < -0.3 is 5.32 Å². The Hall–Kier alpha value is -3.81. The van der Waals surface area contributed by atoms with Crippen LogP contribution in [0.5, 0.6) is 0 Å². The summed E-state index contributed by atoms with van der Waals surface area (Å²) < 4.78 is 39.1. The van der Waals surface area contributed by atoms with Crippen LogP contribution in [-0.2, 0) is 6.18 Å². The summed E-state index contributed by atoms with van der Waals surface area (Å²) in [5, 5.41) is 3.47. The van der Waals surface area contributed by atoms with Crippen LogP contribution >= 0.6 is 0 Å². The van der Waals surface area contributed by atoms with Crippen LogP contribution in [0.4, 0.5) is 18.9 Å². The third kappa shape index (κ3) is 3.91. The molecule has 0 radical (unpaired) electrons. The molecule has 0 aliphatic rings. The van der Waals surface area contributed by atoms with Crippen molar-refractivity contribution in [2.24, 2.45) is 0 Å². The number of rotatable bonds is 3. The number of carbonyl (C=O) groups excluding carboxylic acids is 1. The van der Waals surface area contributed by atoms with E-state index in [0.29, 0.717) is 22.5 Å². The van der Waals surface area contributed by atoms with Crippen molar-refractivity contribution in [2.75, 3.05) is 5.32 Å². The lowest BCUT2D eigenvalue weighted by Crippen LogP contribution is -2.14.